The summed E-state index contributed by atoms with van der Waals surface area (Å²) in [6.45, 7) is 3.79. The van der Waals surface area contributed by atoms with Crippen LogP contribution in [-0.2, 0) is 13.2 Å². The number of rotatable bonds is 6. The molecule has 1 aliphatic carbocycles. The average Bonchev–Trinajstić information content (AvgIpc) is 3.05. The van der Waals surface area contributed by atoms with Crippen LogP contribution in [0.1, 0.15) is 60.5 Å². The van der Waals surface area contributed by atoms with Crippen molar-refractivity contribution >= 4 is 5.91 Å². The van der Waals surface area contributed by atoms with Crippen molar-refractivity contribution in [1.82, 2.24) is 4.90 Å². The minimum atomic E-state index is -0.518. The Bertz CT molecular complexity index is 828. The highest BCUT2D eigenvalue weighted by Crippen LogP contribution is 2.35. The van der Waals surface area contributed by atoms with E-state index in [2.05, 4.69) is 6.92 Å². The Labute approximate surface area is 166 Å². The first-order chi connectivity index (χ1) is 13.7. The summed E-state index contributed by atoms with van der Waals surface area (Å²) in [6, 6.07) is 13.1. The lowest BCUT2D eigenvalue weighted by Crippen LogP contribution is -2.32. The monoisotopic (exact) mass is 381 g/mol. The minimum Gasteiger partial charge on any atom is -0.486 e. The first-order valence-corrected chi connectivity index (χ1v) is 10.4. The molecule has 2 aromatic carbocycles. The molecule has 4 heteroatoms. The Balaban J connectivity index is 1.42. The number of ether oxygens (including phenoxy) is 1. The Morgan fingerprint density at radius 1 is 1.04 bits per heavy atom. The van der Waals surface area contributed by atoms with Gasteiger partial charge in [0, 0.05) is 13.1 Å². The number of carbonyl (C=O) groups is 1. The number of amides is 1. The zero-order chi connectivity index (χ0) is 19.5. The highest BCUT2D eigenvalue weighted by atomic mass is 19.1. The summed E-state index contributed by atoms with van der Waals surface area (Å²) in [5.74, 6) is 0.828. The summed E-state index contributed by atoms with van der Waals surface area (Å²) in [5, 5.41) is 0. The Kier molecular flexibility index (Phi) is 5.65. The van der Waals surface area contributed by atoms with Crippen LogP contribution in [0, 0.1) is 17.7 Å². The van der Waals surface area contributed by atoms with Crippen molar-refractivity contribution in [1.29, 1.82) is 0 Å². The van der Waals surface area contributed by atoms with Crippen LogP contribution in [0.15, 0.2) is 42.5 Å². The molecule has 148 valence electrons. The Morgan fingerprint density at radius 3 is 2.46 bits per heavy atom. The molecule has 2 aliphatic rings. The van der Waals surface area contributed by atoms with Crippen LogP contribution in [0.2, 0.25) is 0 Å². The highest BCUT2D eigenvalue weighted by molar-refractivity contribution is 5.99. The van der Waals surface area contributed by atoms with Crippen LogP contribution in [0.5, 0.6) is 5.75 Å². The van der Waals surface area contributed by atoms with Crippen molar-refractivity contribution in [2.75, 3.05) is 6.54 Å². The van der Waals surface area contributed by atoms with E-state index in [1.807, 2.05) is 41.3 Å². The molecule has 4 rings (SSSR count). The van der Waals surface area contributed by atoms with Crippen LogP contribution < -0.4 is 4.74 Å². The third kappa shape index (κ3) is 3.91. The molecule has 0 spiro atoms. The molecule has 1 fully saturated rings. The number of hydrogen-bond acceptors (Lipinski definition) is 2. The van der Waals surface area contributed by atoms with Crippen LogP contribution >= 0.6 is 0 Å². The second kappa shape index (κ2) is 8.34. The summed E-state index contributed by atoms with van der Waals surface area (Å²) in [5.41, 5.74) is 1.95. The molecule has 0 saturated heterocycles. The van der Waals surface area contributed by atoms with Crippen LogP contribution in [-0.4, -0.2) is 17.4 Å². The minimum absolute atomic E-state index is 0.154. The van der Waals surface area contributed by atoms with Gasteiger partial charge in [-0.15, -0.1) is 0 Å². The van der Waals surface area contributed by atoms with Gasteiger partial charge in [0.15, 0.2) is 11.6 Å². The van der Waals surface area contributed by atoms with Crippen LogP contribution in [0.4, 0.5) is 4.39 Å². The molecule has 0 atom stereocenters. The summed E-state index contributed by atoms with van der Waals surface area (Å²) < 4.78 is 20.7. The number of hydrogen-bond donors (Lipinski definition) is 0. The maximum Gasteiger partial charge on any atom is 0.257 e. The summed E-state index contributed by atoms with van der Waals surface area (Å²) >= 11 is 0. The molecule has 1 amide bonds. The predicted octanol–water partition coefficient (Wildman–Crippen LogP) is 5.58. The van der Waals surface area contributed by atoms with E-state index in [0.717, 1.165) is 23.6 Å². The van der Waals surface area contributed by atoms with Gasteiger partial charge in [-0.2, -0.15) is 0 Å². The van der Waals surface area contributed by atoms with Crippen molar-refractivity contribution in [2.45, 2.75) is 52.2 Å². The van der Waals surface area contributed by atoms with E-state index in [1.54, 1.807) is 6.07 Å². The third-order valence-electron chi connectivity index (χ3n) is 6.31. The Hall–Kier alpha value is -2.36. The first kappa shape index (κ1) is 19.0. The lowest BCUT2D eigenvalue weighted by atomic mass is 9.80. The number of carbonyl (C=O) groups excluding carboxylic acids is 1. The van der Waals surface area contributed by atoms with Gasteiger partial charge in [0.25, 0.3) is 5.91 Å². The van der Waals surface area contributed by atoms with E-state index in [9.17, 15) is 4.79 Å². The van der Waals surface area contributed by atoms with E-state index >= 15 is 4.39 Å². The fourth-order valence-corrected chi connectivity index (χ4v) is 4.52. The van der Waals surface area contributed by atoms with Gasteiger partial charge in [0.05, 0.1) is 5.56 Å². The number of halogens is 1. The lowest BCUT2D eigenvalue weighted by molar-refractivity contribution is 0.0725. The zero-order valence-electron chi connectivity index (χ0n) is 16.5. The number of nitrogens with zero attached hydrogens (tertiary/aromatic N) is 1. The molecule has 0 radical (unpaired) electrons. The molecule has 0 N–H and O–H groups in total. The standard InChI is InChI=1S/C24H28FNO2/c1-2-17-8-10-18(11-9-17)14-26-15-20-12-13-21(23(25)22(20)24(26)27)28-16-19-6-4-3-5-7-19/h3-7,12-13,17-18H,2,8-11,14-16H2,1H3/t17-,18-. The van der Waals surface area contributed by atoms with Crippen LogP contribution in [0.25, 0.3) is 0 Å². The molecule has 1 aliphatic heterocycles. The van der Waals surface area contributed by atoms with Gasteiger partial charge in [-0.05, 0) is 41.9 Å². The van der Waals surface area contributed by atoms with Crippen molar-refractivity contribution < 1.29 is 13.9 Å². The van der Waals surface area contributed by atoms with Crippen molar-refractivity contribution in [3.63, 3.8) is 0 Å². The van der Waals surface area contributed by atoms with Gasteiger partial charge < -0.3 is 9.64 Å². The zero-order valence-corrected chi connectivity index (χ0v) is 16.5. The van der Waals surface area contributed by atoms with E-state index in [4.69, 9.17) is 4.74 Å². The van der Waals surface area contributed by atoms with E-state index < -0.39 is 5.82 Å². The van der Waals surface area contributed by atoms with Crippen LogP contribution in [0.3, 0.4) is 0 Å². The average molecular weight is 381 g/mol. The van der Waals surface area contributed by atoms with Crippen molar-refractivity contribution in [2.24, 2.45) is 11.8 Å². The second-order valence-electron chi connectivity index (χ2n) is 8.17. The van der Waals surface area contributed by atoms with E-state index in [0.29, 0.717) is 12.5 Å². The van der Waals surface area contributed by atoms with E-state index in [1.165, 1.54) is 32.1 Å². The van der Waals surface area contributed by atoms with Gasteiger partial charge in [-0.3, -0.25) is 4.79 Å². The summed E-state index contributed by atoms with van der Waals surface area (Å²) in [4.78, 5) is 14.7. The molecule has 2 aromatic rings. The normalized spacial score (nSPS) is 21.6. The maximum atomic E-state index is 15.0. The fourth-order valence-electron chi connectivity index (χ4n) is 4.52. The van der Waals surface area contributed by atoms with Gasteiger partial charge >= 0.3 is 0 Å². The molecule has 0 bridgehead atoms. The molecular weight excluding hydrogens is 353 g/mol. The maximum absolute atomic E-state index is 15.0. The molecule has 3 nitrogen and oxygen atoms in total. The summed E-state index contributed by atoms with van der Waals surface area (Å²) in [6.07, 6.45) is 6.10. The predicted molar refractivity (Wildman–Crippen MR) is 108 cm³/mol. The highest BCUT2D eigenvalue weighted by Gasteiger charge is 2.34. The summed E-state index contributed by atoms with van der Waals surface area (Å²) in [7, 11) is 0. The fraction of sp³-hybridized carbons (Fsp3) is 0.458. The smallest absolute Gasteiger partial charge is 0.257 e. The lowest BCUT2D eigenvalue weighted by Gasteiger charge is -2.30. The van der Waals surface area contributed by atoms with E-state index in [-0.39, 0.29) is 23.8 Å². The van der Waals surface area contributed by atoms with Crippen molar-refractivity contribution in [3.8, 4) is 5.75 Å². The molecule has 0 unspecified atom stereocenters. The van der Waals surface area contributed by atoms with Gasteiger partial charge in [0.1, 0.15) is 6.61 Å². The SMILES string of the molecule is CC[C@H]1CC[C@H](CN2Cc3ccc(OCc4ccccc4)c(F)c3C2=O)CC1. The molecule has 1 heterocycles. The topological polar surface area (TPSA) is 29.5 Å². The van der Waals surface area contributed by atoms with Gasteiger partial charge in [0.2, 0.25) is 0 Å². The molecule has 28 heavy (non-hydrogen) atoms. The quantitative estimate of drug-likeness (QED) is 0.654. The third-order valence-corrected chi connectivity index (χ3v) is 6.31. The first-order valence-electron chi connectivity index (χ1n) is 10.4. The number of benzene rings is 2. The van der Waals surface area contributed by atoms with Gasteiger partial charge in [-0.25, -0.2) is 4.39 Å². The second-order valence-corrected chi connectivity index (χ2v) is 8.17. The number of fused-ring (bicyclic) bond motifs is 1. The van der Waals surface area contributed by atoms with Crippen molar-refractivity contribution in [3.05, 3.63) is 65.0 Å². The molecular formula is C24H28FNO2. The van der Waals surface area contributed by atoms with Gasteiger partial charge in [-0.1, -0.05) is 62.6 Å². The largest absolute Gasteiger partial charge is 0.486 e. The Morgan fingerprint density at radius 2 is 1.75 bits per heavy atom. The molecule has 0 aromatic heterocycles. The molecule has 1 saturated carbocycles.